The predicted octanol–water partition coefficient (Wildman–Crippen LogP) is 1.79. The minimum absolute atomic E-state index is 0.229. The van der Waals surface area contributed by atoms with E-state index in [0.717, 1.165) is 0 Å². The molecule has 0 aromatic heterocycles. The molecule has 0 saturated heterocycles. The van der Waals surface area contributed by atoms with Crippen molar-refractivity contribution in [1.82, 2.24) is 10.2 Å². The maximum absolute atomic E-state index is 12.1. The monoisotopic (exact) mass is 289 g/mol. The van der Waals surface area contributed by atoms with E-state index in [1.165, 1.54) is 18.9 Å². The molecule has 0 aliphatic rings. The van der Waals surface area contributed by atoms with Gasteiger partial charge in [0.2, 0.25) is 0 Å². The average Bonchev–Trinajstić information content (AvgIpc) is 2.47. The summed E-state index contributed by atoms with van der Waals surface area (Å²) < 4.78 is 0. The topological polar surface area (TPSA) is 93.4 Å². The highest BCUT2D eigenvalue weighted by Crippen LogP contribution is 2.21. The van der Waals surface area contributed by atoms with Gasteiger partial charge in [0.15, 0.2) is 5.54 Å². The fraction of sp³-hybridized carbons (Fsp3) is 0.400. The van der Waals surface area contributed by atoms with Gasteiger partial charge in [-0.2, -0.15) is 5.26 Å². The van der Waals surface area contributed by atoms with Gasteiger partial charge in [0.05, 0.1) is 12.0 Å². The number of nitrogens with zero attached hydrogens (tertiary/aromatic N) is 2. The van der Waals surface area contributed by atoms with E-state index in [0.29, 0.717) is 5.56 Å². The van der Waals surface area contributed by atoms with Gasteiger partial charge in [-0.15, -0.1) is 0 Å². The third-order valence-electron chi connectivity index (χ3n) is 3.25. The quantitative estimate of drug-likeness (QED) is 0.864. The van der Waals surface area contributed by atoms with Crippen molar-refractivity contribution in [2.24, 2.45) is 5.92 Å². The summed E-state index contributed by atoms with van der Waals surface area (Å²) in [4.78, 5) is 25.0. The lowest BCUT2D eigenvalue weighted by atomic mass is 9.92. The first-order valence-corrected chi connectivity index (χ1v) is 6.53. The van der Waals surface area contributed by atoms with Crippen molar-refractivity contribution in [2.45, 2.75) is 19.4 Å². The molecule has 0 fully saturated rings. The Balaban J connectivity index is 2.92. The van der Waals surface area contributed by atoms with Crippen molar-refractivity contribution < 1.29 is 14.7 Å². The zero-order valence-electron chi connectivity index (χ0n) is 12.3. The van der Waals surface area contributed by atoms with Crippen LogP contribution >= 0.6 is 0 Å². The summed E-state index contributed by atoms with van der Waals surface area (Å²) in [5.74, 6) is -1.47. The van der Waals surface area contributed by atoms with Crippen LogP contribution in [0, 0.1) is 17.2 Å². The van der Waals surface area contributed by atoms with E-state index >= 15 is 0 Å². The second-order valence-corrected chi connectivity index (χ2v) is 5.14. The fourth-order valence-corrected chi connectivity index (χ4v) is 1.86. The van der Waals surface area contributed by atoms with Crippen molar-refractivity contribution in [3.05, 3.63) is 35.9 Å². The van der Waals surface area contributed by atoms with Crippen LogP contribution in [0.4, 0.5) is 4.79 Å². The van der Waals surface area contributed by atoms with E-state index in [9.17, 15) is 14.7 Å². The van der Waals surface area contributed by atoms with Gasteiger partial charge in [0.1, 0.15) is 0 Å². The van der Waals surface area contributed by atoms with Gasteiger partial charge in [-0.05, 0) is 19.4 Å². The Kier molecular flexibility index (Phi) is 5.30. The Morgan fingerprint density at radius 3 is 2.48 bits per heavy atom. The molecule has 2 atom stereocenters. The lowest BCUT2D eigenvalue weighted by Gasteiger charge is -2.29. The number of amides is 2. The number of carbonyl (C=O) groups is 2. The summed E-state index contributed by atoms with van der Waals surface area (Å²) in [6.07, 6.45) is 0. The van der Waals surface area contributed by atoms with E-state index in [1.807, 2.05) is 6.07 Å². The zero-order valence-corrected chi connectivity index (χ0v) is 12.3. The number of carboxylic acids is 1. The fourth-order valence-electron chi connectivity index (χ4n) is 1.86. The lowest BCUT2D eigenvalue weighted by Crippen LogP contribution is -2.53. The number of aliphatic carboxylic acids is 1. The van der Waals surface area contributed by atoms with Crippen molar-refractivity contribution >= 4 is 12.0 Å². The minimum atomic E-state index is -1.53. The third-order valence-corrected chi connectivity index (χ3v) is 3.25. The van der Waals surface area contributed by atoms with Crippen LogP contribution in [-0.4, -0.2) is 35.6 Å². The Morgan fingerprint density at radius 1 is 1.43 bits per heavy atom. The molecule has 1 aromatic carbocycles. The number of benzene rings is 1. The number of carbonyl (C=O) groups excluding carboxylic acids is 1. The third kappa shape index (κ3) is 3.96. The van der Waals surface area contributed by atoms with Crippen LogP contribution in [0.2, 0.25) is 0 Å². The first-order valence-electron chi connectivity index (χ1n) is 6.53. The molecule has 0 aliphatic heterocycles. The summed E-state index contributed by atoms with van der Waals surface area (Å²) in [5, 5.41) is 20.7. The number of nitrogens with one attached hydrogen (secondary N) is 1. The minimum Gasteiger partial charge on any atom is -0.479 e. The second kappa shape index (κ2) is 6.75. The smallest absolute Gasteiger partial charge is 0.333 e. The van der Waals surface area contributed by atoms with E-state index in [4.69, 9.17) is 5.26 Å². The number of rotatable bonds is 5. The van der Waals surface area contributed by atoms with Gasteiger partial charge in [-0.1, -0.05) is 30.3 Å². The standard InChI is InChI=1S/C15H19N3O3/c1-11(9-16)10-18(3)14(21)17-15(2,13(19)20)12-7-5-4-6-8-12/h4-8,11H,10H2,1-3H3,(H,17,21)(H,19,20). The second-order valence-electron chi connectivity index (χ2n) is 5.14. The molecule has 0 radical (unpaired) electrons. The van der Waals surface area contributed by atoms with Gasteiger partial charge < -0.3 is 15.3 Å². The zero-order chi connectivity index (χ0) is 16.0. The van der Waals surface area contributed by atoms with E-state index in [2.05, 4.69) is 5.32 Å². The molecule has 21 heavy (non-hydrogen) atoms. The molecule has 2 unspecified atom stereocenters. The average molecular weight is 289 g/mol. The van der Waals surface area contributed by atoms with E-state index < -0.39 is 17.5 Å². The van der Waals surface area contributed by atoms with Gasteiger partial charge in [-0.25, -0.2) is 9.59 Å². The highest BCUT2D eigenvalue weighted by atomic mass is 16.4. The van der Waals surface area contributed by atoms with Gasteiger partial charge in [0, 0.05) is 13.6 Å². The Labute approximate surface area is 124 Å². The Hall–Kier alpha value is -2.55. The molecule has 2 N–H and O–H groups in total. The predicted molar refractivity (Wildman–Crippen MR) is 77.4 cm³/mol. The number of hydrogen-bond donors (Lipinski definition) is 2. The van der Waals surface area contributed by atoms with Crippen molar-refractivity contribution in [1.29, 1.82) is 5.26 Å². The summed E-state index contributed by atoms with van der Waals surface area (Å²) >= 11 is 0. The normalized spacial score (nSPS) is 14.4. The van der Waals surface area contributed by atoms with E-state index in [-0.39, 0.29) is 12.5 Å². The molecule has 6 heteroatoms. The van der Waals surface area contributed by atoms with Crippen molar-refractivity contribution in [2.75, 3.05) is 13.6 Å². The lowest BCUT2D eigenvalue weighted by molar-refractivity contribution is -0.144. The van der Waals surface area contributed by atoms with Crippen LogP contribution in [-0.2, 0) is 10.3 Å². The molecule has 0 heterocycles. The van der Waals surface area contributed by atoms with Crippen LogP contribution in [0.25, 0.3) is 0 Å². The van der Waals surface area contributed by atoms with Crippen LogP contribution in [0.15, 0.2) is 30.3 Å². The summed E-state index contributed by atoms with van der Waals surface area (Å²) in [6, 6.07) is 9.98. The van der Waals surface area contributed by atoms with Crippen LogP contribution in [0.3, 0.4) is 0 Å². The summed E-state index contributed by atoms with van der Waals surface area (Å²) in [7, 11) is 1.52. The molecule has 6 nitrogen and oxygen atoms in total. The summed E-state index contributed by atoms with van der Waals surface area (Å²) in [6.45, 7) is 3.36. The van der Waals surface area contributed by atoms with Crippen LogP contribution in [0.1, 0.15) is 19.4 Å². The van der Waals surface area contributed by atoms with Crippen molar-refractivity contribution in [3.8, 4) is 6.07 Å². The number of hydrogen-bond acceptors (Lipinski definition) is 3. The van der Waals surface area contributed by atoms with Gasteiger partial charge >= 0.3 is 12.0 Å². The van der Waals surface area contributed by atoms with E-state index in [1.54, 1.807) is 37.3 Å². The largest absolute Gasteiger partial charge is 0.479 e. The first kappa shape index (κ1) is 16.5. The van der Waals surface area contributed by atoms with Crippen LogP contribution < -0.4 is 5.32 Å². The summed E-state index contributed by atoms with van der Waals surface area (Å²) in [5.41, 5.74) is -1.05. The molecule has 0 spiro atoms. The molecule has 112 valence electrons. The maximum atomic E-state index is 12.1. The molecule has 2 amide bonds. The highest BCUT2D eigenvalue weighted by molar-refractivity contribution is 5.87. The van der Waals surface area contributed by atoms with Gasteiger partial charge in [-0.3, -0.25) is 0 Å². The molecular weight excluding hydrogens is 270 g/mol. The number of urea groups is 1. The SMILES string of the molecule is CC(C#N)CN(C)C(=O)NC(C)(C(=O)O)c1ccccc1. The molecule has 0 aliphatic carbocycles. The van der Waals surface area contributed by atoms with Gasteiger partial charge in [0.25, 0.3) is 0 Å². The number of nitriles is 1. The first-order chi connectivity index (χ1) is 9.81. The molecule has 1 rings (SSSR count). The maximum Gasteiger partial charge on any atom is 0.333 e. The molecular formula is C15H19N3O3. The number of carboxylic acid groups (broad SMARTS) is 1. The Morgan fingerprint density at radius 2 is 2.00 bits per heavy atom. The Bertz CT molecular complexity index is 553. The molecule has 0 saturated carbocycles. The van der Waals surface area contributed by atoms with Crippen molar-refractivity contribution in [3.63, 3.8) is 0 Å². The van der Waals surface area contributed by atoms with Crippen LogP contribution in [0.5, 0.6) is 0 Å². The highest BCUT2D eigenvalue weighted by Gasteiger charge is 2.37. The molecule has 1 aromatic rings. The molecule has 0 bridgehead atoms.